The minimum absolute atomic E-state index is 0.116. The van der Waals surface area contributed by atoms with E-state index in [0.29, 0.717) is 11.3 Å². The second kappa shape index (κ2) is 3.91. The molecule has 0 amide bonds. The number of halogens is 1. The smallest absolute Gasteiger partial charge is 0.274 e. The van der Waals surface area contributed by atoms with Crippen molar-refractivity contribution < 1.29 is 4.39 Å². The number of rotatable bonds is 1. The van der Waals surface area contributed by atoms with Gasteiger partial charge in [0, 0.05) is 11.3 Å². The Bertz CT molecular complexity index is 676. The highest BCUT2D eigenvalue weighted by molar-refractivity contribution is 5.41. The number of aryl methyl sites for hydroxylation is 1. The Hall–Kier alpha value is -2.35. The van der Waals surface area contributed by atoms with Crippen LogP contribution in [0, 0.1) is 31.0 Å². The standard InChI is InChI=1S/C12H10FN3O/c1-7-8(2)15-16(12(7)17)11-4-3-9(6-14)5-10(11)13/h3-5,15H,1-2H3. The van der Waals surface area contributed by atoms with E-state index in [1.54, 1.807) is 13.8 Å². The molecular weight excluding hydrogens is 221 g/mol. The molecule has 2 rings (SSSR count). The van der Waals surface area contributed by atoms with E-state index in [2.05, 4.69) is 5.10 Å². The predicted molar refractivity (Wildman–Crippen MR) is 60.5 cm³/mol. The molecule has 0 unspecified atom stereocenters. The van der Waals surface area contributed by atoms with Crippen LogP contribution in [0.3, 0.4) is 0 Å². The summed E-state index contributed by atoms with van der Waals surface area (Å²) >= 11 is 0. The zero-order chi connectivity index (χ0) is 12.6. The van der Waals surface area contributed by atoms with Crippen LogP contribution >= 0.6 is 0 Å². The number of aromatic amines is 1. The maximum atomic E-state index is 13.7. The van der Waals surface area contributed by atoms with Crippen molar-refractivity contribution in [3.63, 3.8) is 0 Å². The van der Waals surface area contributed by atoms with Crippen LogP contribution in [0.1, 0.15) is 16.8 Å². The van der Waals surface area contributed by atoms with E-state index in [0.717, 1.165) is 10.7 Å². The van der Waals surface area contributed by atoms with E-state index in [1.165, 1.54) is 12.1 Å². The van der Waals surface area contributed by atoms with Gasteiger partial charge in [0.1, 0.15) is 11.5 Å². The molecule has 0 aliphatic heterocycles. The van der Waals surface area contributed by atoms with Crippen molar-refractivity contribution in [3.8, 4) is 11.8 Å². The average Bonchev–Trinajstić information content (AvgIpc) is 2.57. The van der Waals surface area contributed by atoms with Crippen molar-refractivity contribution in [1.82, 2.24) is 9.78 Å². The Labute approximate surface area is 96.9 Å². The molecule has 0 saturated carbocycles. The molecule has 1 heterocycles. The summed E-state index contributed by atoms with van der Waals surface area (Å²) in [6.45, 7) is 3.42. The molecule has 17 heavy (non-hydrogen) atoms. The van der Waals surface area contributed by atoms with Crippen molar-refractivity contribution in [2.24, 2.45) is 0 Å². The molecule has 1 aromatic heterocycles. The fourth-order valence-corrected chi connectivity index (χ4v) is 1.56. The maximum absolute atomic E-state index is 13.7. The summed E-state index contributed by atoms with van der Waals surface area (Å²) in [7, 11) is 0. The number of nitrogens with one attached hydrogen (secondary N) is 1. The number of hydrogen-bond donors (Lipinski definition) is 1. The number of benzene rings is 1. The first-order valence-corrected chi connectivity index (χ1v) is 5.03. The van der Waals surface area contributed by atoms with Crippen molar-refractivity contribution >= 4 is 0 Å². The van der Waals surface area contributed by atoms with E-state index in [1.807, 2.05) is 6.07 Å². The van der Waals surface area contributed by atoms with Crippen LogP contribution in [0.25, 0.3) is 5.69 Å². The van der Waals surface area contributed by atoms with Gasteiger partial charge in [-0.15, -0.1) is 0 Å². The quantitative estimate of drug-likeness (QED) is 0.813. The van der Waals surface area contributed by atoms with Gasteiger partial charge in [0.2, 0.25) is 0 Å². The molecule has 0 radical (unpaired) electrons. The van der Waals surface area contributed by atoms with E-state index in [-0.39, 0.29) is 16.8 Å². The zero-order valence-electron chi connectivity index (χ0n) is 9.41. The first-order chi connectivity index (χ1) is 8.04. The highest BCUT2D eigenvalue weighted by Crippen LogP contribution is 2.13. The molecule has 0 saturated heterocycles. The van der Waals surface area contributed by atoms with Crippen LogP contribution in [-0.2, 0) is 0 Å². The van der Waals surface area contributed by atoms with Gasteiger partial charge in [0.25, 0.3) is 5.56 Å². The molecule has 1 N–H and O–H groups in total. The Balaban J connectivity index is 2.66. The number of nitriles is 1. The second-order valence-electron chi connectivity index (χ2n) is 3.78. The second-order valence-corrected chi connectivity index (χ2v) is 3.78. The van der Waals surface area contributed by atoms with Crippen molar-refractivity contribution in [3.05, 3.63) is 51.2 Å². The van der Waals surface area contributed by atoms with Crippen LogP contribution in [0.15, 0.2) is 23.0 Å². The molecule has 2 aromatic rings. The van der Waals surface area contributed by atoms with Gasteiger partial charge in [0.05, 0.1) is 11.6 Å². The predicted octanol–water partition coefficient (Wildman–Crippen LogP) is 1.79. The highest BCUT2D eigenvalue weighted by Gasteiger charge is 2.12. The molecule has 0 atom stereocenters. The molecule has 0 aliphatic carbocycles. The minimum Gasteiger partial charge on any atom is -0.295 e. The number of hydrogen-bond acceptors (Lipinski definition) is 2. The van der Waals surface area contributed by atoms with E-state index < -0.39 is 5.82 Å². The van der Waals surface area contributed by atoms with Crippen LogP contribution < -0.4 is 5.56 Å². The van der Waals surface area contributed by atoms with Crippen LogP contribution in [-0.4, -0.2) is 9.78 Å². The molecular formula is C12H10FN3O. The lowest BCUT2D eigenvalue weighted by Gasteiger charge is -2.03. The lowest BCUT2D eigenvalue weighted by Crippen LogP contribution is -2.17. The van der Waals surface area contributed by atoms with E-state index in [4.69, 9.17) is 5.26 Å². The van der Waals surface area contributed by atoms with Gasteiger partial charge in [-0.25, -0.2) is 9.07 Å². The van der Waals surface area contributed by atoms with Gasteiger partial charge in [-0.2, -0.15) is 5.26 Å². The van der Waals surface area contributed by atoms with E-state index >= 15 is 0 Å². The van der Waals surface area contributed by atoms with Gasteiger partial charge < -0.3 is 0 Å². The lowest BCUT2D eigenvalue weighted by molar-refractivity contribution is 0.607. The normalized spacial score (nSPS) is 10.2. The van der Waals surface area contributed by atoms with Crippen LogP contribution in [0.2, 0.25) is 0 Å². The summed E-state index contributed by atoms with van der Waals surface area (Å²) < 4.78 is 14.9. The summed E-state index contributed by atoms with van der Waals surface area (Å²) in [5.41, 5.74) is 1.29. The third kappa shape index (κ3) is 1.74. The summed E-state index contributed by atoms with van der Waals surface area (Å²) in [5.74, 6) is -0.604. The maximum Gasteiger partial charge on any atom is 0.274 e. The Morgan fingerprint density at radius 3 is 2.59 bits per heavy atom. The molecule has 0 bridgehead atoms. The molecule has 1 aromatic carbocycles. The first kappa shape index (κ1) is 11.1. The molecule has 0 aliphatic rings. The summed E-state index contributed by atoms with van der Waals surface area (Å²) in [4.78, 5) is 11.8. The molecule has 0 fully saturated rings. The molecule has 4 nitrogen and oxygen atoms in total. The molecule has 86 valence electrons. The topological polar surface area (TPSA) is 61.6 Å². The summed E-state index contributed by atoms with van der Waals surface area (Å²) in [6, 6.07) is 5.82. The monoisotopic (exact) mass is 231 g/mol. The summed E-state index contributed by atoms with van der Waals surface area (Å²) in [6.07, 6.45) is 0. The zero-order valence-corrected chi connectivity index (χ0v) is 9.41. The third-order valence-corrected chi connectivity index (χ3v) is 2.68. The molecule has 0 spiro atoms. The molecule has 5 heteroatoms. The highest BCUT2D eigenvalue weighted by atomic mass is 19.1. The van der Waals surface area contributed by atoms with E-state index in [9.17, 15) is 9.18 Å². The van der Waals surface area contributed by atoms with Crippen molar-refractivity contribution in [2.45, 2.75) is 13.8 Å². The van der Waals surface area contributed by atoms with Gasteiger partial charge in [-0.3, -0.25) is 9.89 Å². The van der Waals surface area contributed by atoms with Crippen molar-refractivity contribution in [1.29, 1.82) is 5.26 Å². The average molecular weight is 231 g/mol. The number of nitrogens with zero attached hydrogens (tertiary/aromatic N) is 2. The van der Waals surface area contributed by atoms with Crippen LogP contribution in [0.4, 0.5) is 4.39 Å². The fourth-order valence-electron chi connectivity index (χ4n) is 1.56. The minimum atomic E-state index is -0.604. The summed E-state index contributed by atoms with van der Waals surface area (Å²) in [5, 5.41) is 11.4. The SMILES string of the molecule is Cc1[nH]n(-c2ccc(C#N)cc2F)c(=O)c1C. The Morgan fingerprint density at radius 2 is 2.12 bits per heavy atom. The van der Waals surface area contributed by atoms with Gasteiger partial charge in [-0.1, -0.05) is 0 Å². The third-order valence-electron chi connectivity index (χ3n) is 2.68. The number of H-pyrrole nitrogens is 1. The Morgan fingerprint density at radius 1 is 1.41 bits per heavy atom. The largest absolute Gasteiger partial charge is 0.295 e. The van der Waals surface area contributed by atoms with Crippen LogP contribution in [0.5, 0.6) is 0 Å². The number of aromatic nitrogens is 2. The van der Waals surface area contributed by atoms with Crippen molar-refractivity contribution in [2.75, 3.05) is 0 Å². The lowest BCUT2D eigenvalue weighted by atomic mass is 10.2. The fraction of sp³-hybridized carbons (Fsp3) is 0.167. The van der Waals surface area contributed by atoms with Gasteiger partial charge in [0.15, 0.2) is 0 Å². The first-order valence-electron chi connectivity index (χ1n) is 5.03. The van der Waals surface area contributed by atoms with Gasteiger partial charge >= 0.3 is 0 Å². The van der Waals surface area contributed by atoms with Gasteiger partial charge in [-0.05, 0) is 32.0 Å². The Kier molecular flexibility index (Phi) is 2.56.